The van der Waals surface area contributed by atoms with E-state index in [1.807, 2.05) is 0 Å². The van der Waals surface area contributed by atoms with E-state index in [-0.39, 0.29) is 0 Å². The van der Waals surface area contributed by atoms with E-state index in [4.69, 9.17) is 23.2 Å². The highest BCUT2D eigenvalue weighted by Gasteiger charge is 2.06. The van der Waals surface area contributed by atoms with Crippen LogP contribution in [0.5, 0.6) is 0 Å². The molecule has 0 aliphatic rings. The minimum absolute atomic E-state index is 0.475. The van der Waals surface area contributed by atoms with Crippen LogP contribution in [0, 0.1) is 5.95 Å². The van der Waals surface area contributed by atoms with Gasteiger partial charge in [0.2, 0.25) is 5.95 Å². The topological polar surface area (TPSA) is 12.9 Å². The summed E-state index contributed by atoms with van der Waals surface area (Å²) in [5.41, 5.74) is 1.10. The second-order valence-corrected chi connectivity index (χ2v) is 3.81. The summed E-state index contributed by atoms with van der Waals surface area (Å²) in [7, 11) is 0. The van der Waals surface area contributed by atoms with E-state index >= 15 is 0 Å². The van der Waals surface area contributed by atoms with Crippen LogP contribution in [0.1, 0.15) is 0 Å². The second-order valence-electron chi connectivity index (χ2n) is 2.97. The van der Waals surface area contributed by atoms with Crippen LogP contribution in [-0.4, -0.2) is 4.98 Å². The smallest absolute Gasteiger partial charge is 0.213 e. The van der Waals surface area contributed by atoms with Crippen molar-refractivity contribution in [1.82, 2.24) is 4.98 Å². The zero-order valence-corrected chi connectivity index (χ0v) is 9.06. The molecule has 0 radical (unpaired) electrons. The van der Waals surface area contributed by atoms with Crippen molar-refractivity contribution in [1.29, 1.82) is 0 Å². The lowest BCUT2D eigenvalue weighted by Crippen LogP contribution is -1.87. The second kappa shape index (κ2) is 4.17. The quantitative estimate of drug-likeness (QED) is 0.683. The molecule has 4 heteroatoms. The summed E-state index contributed by atoms with van der Waals surface area (Å²) in [6, 6.07) is 9.53. The van der Waals surface area contributed by atoms with Gasteiger partial charge < -0.3 is 0 Å². The predicted molar refractivity (Wildman–Crippen MR) is 59.7 cm³/mol. The molecule has 0 aliphatic heterocycles. The van der Waals surface area contributed by atoms with Gasteiger partial charge in [0.05, 0.1) is 10.7 Å². The van der Waals surface area contributed by atoms with Crippen molar-refractivity contribution in [2.75, 3.05) is 0 Å². The van der Waals surface area contributed by atoms with Gasteiger partial charge in [0.15, 0.2) is 0 Å². The first-order valence-electron chi connectivity index (χ1n) is 4.25. The van der Waals surface area contributed by atoms with E-state index in [0.717, 1.165) is 0 Å². The van der Waals surface area contributed by atoms with Crippen LogP contribution >= 0.6 is 23.2 Å². The molecular weight excluding hydrogens is 236 g/mol. The molecule has 0 bridgehead atoms. The van der Waals surface area contributed by atoms with Crippen molar-refractivity contribution in [3.05, 3.63) is 52.4 Å². The average Bonchev–Trinajstić information content (AvgIpc) is 2.22. The molecule has 2 aromatic rings. The van der Waals surface area contributed by atoms with E-state index < -0.39 is 5.95 Å². The van der Waals surface area contributed by atoms with Crippen LogP contribution in [-0.2, 0) is 0 Å². The van der Waals surface area contributed by atoms with Crippen molar-refractivity contribution < 1.29 is 4.39 Å². The Kier molecular flexibility index (Phi) is 2.89. The zero-order valence-electron chi connectivity index (χ0n) is 7.55. The zero-order chi connectivity index (χ0) is 10.8. The molecule has 0 fully saturated rings. The van der Waals surface area contributed by atoms with Crippen molar-refractivity contribution in [3.63, 3.8) is 0 Å². The fraction of sp³-hybridized carbons (Fsp3) is 0. The normalized spacial score (nSPS) is 10.3. The minimum atomic E-state index is -0.538. The molecule has 0 N–H and O–H groups in total. The summed E-state index contributed by atoms with van der Waals surface area (Å²) in [5.74, 6) is -0.538. The maximum Gasteiger partial charge on any atom is 0.213 e. The van der Waals surface area contributed by atoms with Gasteiger partial charge in [-0.1, -0.05) is 29.3 Å². The third kappa shape index (κ3) is 2.28. The Balaban J connectivity index is 2.58. The van der Waals surface area contributed by atoms with Crippen LogP contribution in [0.3, 0.4) is 0 Å². The van der Waals surface area contributed by atoms with Gasteiger partial charge in [-0.05, 0) is 30.3 Å². The standard InChI is InChI=1S/C11H6Cl2FN/c12-7-4-5-9(13)8(6-7)10-2-1-3-11(14)15-10/h1-6H. The fourth-order valence-electron chi connectivity index (χ4n) is 1.25. The third-order valence-electron chi connectivity index (χ3n) is 1.92. The highest BCUT2D eigenvalue weighted by Crippen LogP contribution is 2.29. The van der Waals surface area contributed by atoms with Gasteiger partial charge in [0, 0.05) is 10.6 Å². The molecule has 0 spiro atoms. The first-order valence-corrected chi connectivity index (χ1v) is 5.00. The highest BCUT2D eigenvalue weighted by atomic mass is 35.5. The van der Waals surface area contributed by atoms with Crippen LogP contribution in [0.2, 0.25) is 10.0 Å². The molecule has 1 nitrogen and oxygen atoms in total. The Morgan fingerprint density at radius 2 is 1.87 bits per heavy atom. The molecule has 1 heterocycles. The summed E-state index contributed by atoms with van der Waals surface area (Å²) in [4.78, 5) is 3.74. The summed E-state index contributed by atoms with van der Waals surface area (Å²) in [6.45, 7) is 0. The number of benzene rings is 1. The van der Waals surface area contributed by atoms with Gasteiger partial charge in [-0.15, -0.1) is 0 Å². The molecular formula is C11H6Cl2FN. The van der Waals surface area contributed by atoms with E-state index in [2.05, 4.69) is 4.98 Å². The molecule has 0 aliphatic carbocycles. The maximum absolute atomic E-state index is 12.9. The molecule has 15 heavy (non-hydrogen) atoms. The summed E-state index contributed by atoms with van der Waals surface area (Å²) < 4.78 is 12.9. The van der Waals surface area contributed by atoms with Gasteiger partial charge in [-0.2, -0.15) is 4.39 Å². The maximum atomic E-state index is 12.9. The molecule has 0 saturated carbocycles. The molecule has 76 valence electrons. The van der Waals surface area contributed by atoms with Crippen LogP contribution in [0.4, 0.5) is 4.39 Å². The summed E-state index contributed by atoms with van der Waals surface area (Å²) >= 11 is 11.8. The van der Waals surface area contributed by atoms with Gasteiger partial charge in [0.25, 0.3) is 0 Å². The molecule has 0 atom stereocenters. The van der Waals surface area contributed by atoms with Crippen molar-refractivity contribution in [2.24, 2.45) is 0 Å². The summed E-state index contributed by atoms with van der Waals surface area (Å²) in [5, 5.41) is 1.04. The van der Waals surface area contributed by atoms with Gasteiger partial charge in [0.1, 0.15) is 0 Å². The molecule has 1 aromatic heterocycles. The Morgan fingerprint density at radius 1 is 1.07 bits per heavy atom. The number of pyridine rings is 1. The van der Waals surface area contributed by atoms with E-state index in [1.165, 1.54) is 6.07 Å². The Bertz CT molecular complexity index is 500. The Hall–Kier alpha value is -1.12. The monoisotopic (exact) mass is 241 g/mol. The van der Waals surface area contributed by atoms with Gasteiger partial charge in [-0.3, -0.25) is 0 Å². The Labute approximate surface area is 96.5 Å². The molecule has 0 amide bonds. The highest BCUT2D eigenvalue weighted by molar-refractivity contribution is 6.35. The van der Waals surface area contributed by atoms with Crippen LogP contribution < -0.4 is 0 Å². The number of aromatic nitrogens is 1. The Morgan fingerprint density at radius 3 is 2.60 bits per heavy atom. The lowest BCUT2D eigenvalue weighted by Gasteiger charge is -2.03. The SMILES string of the molecule is Fc1cccc(-c2cc(Cl)ccc2Cl)n1. The first-order chi connectivity index (χ1) is 7.16. The number of nitrogens with zero attached hydrogens (tertiary/aromatic N) is 1. The largest absolute Gasteiger partial charge is 0.220 e. The van der Waals surface area contributed by atoms with Gasteiger partial charge in [-0.25, -0.2) is 4.98 Å². The average molecular weight is 242 g/mol. The minimum Gasteiger partial charge on any atom is -0.220 e. The lowest BCUT2D eigenvalue weighted by molar-refractivity contribution is 0.585. The van der Waals surface area contributed by atoms with Crippen LogP contribution in [0.25, 0.3) is 11.3 Å². The van der Waals surface area contributed by atoms with E-state index in [0.29, 0.717) is 21.3 Å². The van der Waals surface area contributed by atoms with Gasteiger partial charge >= 0.3 is 0 Å². The number of halogens is 3. The van der Waals surface area contributed by atoms with Crippen molar-refractivity contribution >= 4 is 23.2 Å². The number of rotatable bonds is 1. The fourth-order valence-corrected chi connectivity index (χ4v) is 1.64. The van der Waals surface area contributed by atoms with Crippen molar-refractivity contribution in [3.8, 4) is 11.3 Å². The van der Waals surface area contributed by atoms with Crippen molar-refractivity contribution in [2.45, 2.75) is 0 Å². The molecule has 0 saturated heterocycles. The predicted octanol–water partition coefficient (Wildman–Crippen LogP) is 4.19. The van der Waals surface area contributed by atoms with E-state index in [1.54, 1.807) is 30.3 Å². The third-order valence-corrected chi connectivity index (χ3v) is 2.48. The molecule has 2 rings (SSSR count). The lowest BCUT2D eigenvalue weighted by atomic mass is 10.1. The molecule has 0 unspecified atom stereocenters. The van der Waals surface area contributed by atoms with Crippen LogP contribution in [0.15, 0.2) is 36.4 Å². The molecule has 1 aromatic carbocycles. The number of hydrogen-bond acceptors (Lipinski definition) is 1. The first kappa shape index (κ1) is 10.4. The number of hydrogen-bond donors (Lipinski definition) is 0. The summed E-state index contributed by atoms with van der Waals surface area (Å²) in [6.07, 6.45) is 0. The van der Waals surface area contributed by atoms with E-state index in [9.17, 15) is 4.39 Å².